The van der Waals surface area contributed by atoms with Crippen LogP contribution in [0, 0.1) is 0 Å². The lowest BCUT2D eigenvalue weighted by molar-refractivity contribution is -0.145. The molecule has 6 heteroatoms. The fourth-order valence-corrected chi connectivity index (χ4v) is 2.26. The number of carbonyl (C=O) groups excluding carboxylic acids is 2. The Balaban J connectivity index is 2.56. The number of ether oxygens (including phenoxy) is 1. The summed E-state index contributed by atoms with van der Waals surface area (Å²) in [6, 6.07) is 6.45. The molecule has 110 valence electrons. The molecule has 0 heterocycles. The van der Waals surface area contributed by atoms with E-state index in [0.29, 0.717) is 11.4 Å². The van der Waals surface area contributed by atoms with Crippen LogP contribution >= 0.6 is 23.4 Å². The molecule has 1 atom stereocenters. The van der Waals surface area contributed by atoms with E-state index in [4.69, 9.17) is 16.3 Å². The SMILES string of the molecule is COC(=O)[C@@H](CCSC)NC(=O)Cc1ccc(Cl)cc1. The standard InChI is InChI=1S/C14H18ClNO3S/c1-19-14(18)12(7-8-20-2)16-13(17)9-10-3-5-11(15)6-4-10/h3-6,12H,7-9H2,1-2H3,(H,16,17)/t12-/m1/s1. The Morgan fingerprint density at radius 2 is 2.00 bits per heavy atom. The van der Waals surface area contributed by atoms with E-state index in [2.05, 4.69) is 5.32 Å². The Bertz CT molecular complexity index is 450. The molecule has 0 aliphatic carbocycles. The topological polar surface area (TPSA) is 55.4 Å². The number of nitrogens with one attached hydrogen (secondary N) is 1. The fourth-order valence-electron chi connectivity index (χ4n) is 1.66. The Kier molecular flexibility index (Phi) is 7.47. The smallest absolute Gasteiger partial charge is 0.328 e. The Labute approximate surface area is 128 Å². The van der Waals surface area contributed by atoms with Crippen LogP contribution < -0.4 is 5.32 Å². The van der Waals surface area contributed by atoms with Crippen LogP contribution in [0.3, 0.4) is 0 Å². The minimum Gasteiger partial charge on any atom is -0.467 e. The molecule has 0 aromatic heterocycles. The summed E-state index contributed by atoms with van der Waals surface area (Å²) in [5.74, 6) is 0.161. The van der Waals surface area contributed by atoms with E-state index in [0.717, 1.165) is 11.3 Å². The summed E-state index contributed by atoms with van der Waals surface area (Å²) < 4.78 is 4.70. The molecule has 20 heavy (non-hydrogen) atoms. The molecule has 0 saturated heterocycles. The van der Waals surface area contributed by atoms with Crippen LogP contribution in [-0.2, 0) is 20.7 Å². The molecular weight excluding hydrogens is 298 g/mol. The second-order valence-electron chi connectivity index (χ2n) is 4.23. The van der Waals surface area contributed by atoms with Gasteiger partial charge in [-0.15, -0.1) is 0 Å². The van der Waals surface area contributed by atoms with Gasteiger partial charge in [0.05, 0.1) is 13.5 Å². The van der Waals surface area contributed by atoms with Gasteiger partial charge >= 0.3 is 5.97 Å². The van der Waals surface area contributed by atoms with Crippen LogP contribution in [0.25, 0.3) is 0 Å². The van der Waals surface area contributed by atoms with Crippen molar-refractivity contribution in [3.05, 3.63) is 34.9 Å². The van der Waals surface area contributed by atoms with Crippen LogP contribution in [0.5, 0.6) is 0 Å². The van der Waals surface area contributed by atoms with Crippen LogP contribution in [0.4, 0.5) is 0 Å². The van der Waals surface area contributed by atoms with Gasteiger partial charge in [0, 0.05) is 5.02 Å². The van der Waals surface area contributed by atoms with Crippen molar-refractivity contribution in [2.75, 3.05) is 19.1 Å². The predicted octanol–water partition coefficient (Wildman–Crippen LogP) is 2.29. The Hall–Kier alpha value is -1.20. The number of rotatable bonds is 7. The third-order valence-corrected chi connectivity index (χ3v) is 3.61. The van der Waals surface area contributed by atoms with Crippen molar-refractivity contribution in [3.63, 3.8) is 0 Å². The zero-order valence-corrected chi connectivity index (χ0v) is 13.1. The van der Waals surface area contributed by atoms with Gasteiger partial charge in [-0.2, -0.15) is 11.8 Å². The third-order valence-electron chi connectivity index (χ3n) is 2.71. The van der Waals surface area contributed by atoms with Gasteiger partial charge in [0.1, 0.15) is 6.04 Å². The van der Waals surface area contributed by atoms with Crippen LogP contribution in [-0.4, -0.2) is 37.0 Å². The van der Waals surface area contributed by atoms with Crippen molar-refractivity contribution < 1.29 is 14.3 Å². The summed E-state index contributed by atoms with van der Waals surface area (Å²) in [6.07, 6.45) is 2.72. The lowest BCUT2D eigenvalue weighted by Gasteiger charge is -2.16. The number of methoxy groups -OCH3 is 1. The van der Waals surface area contributed by atoms with Crippen molar-refractivity contribution in [1.82, 2.24) is 5.32 Å². The van der Waals surface area contributed by atoms with Gasteiger partial charge in [-0.1, -0.05) is 23.7 Å². The first-order valence-corrected chi connectivity index (χ1v) is 7.94. The van der Waals surface area contributed by atoms with E-state index >= 15 is 0 Å². The van der Waals surface area contributed by atoms with Crippen molar-refractivity contribution in [3.8, 4) is 0 Å². The number of carbonyl (C=O) groups is 2. The van der Waals surface area contributed by atoms with Crippen LogP contribution in [0.1, 0.15) is 12.0 Å². The highest BCUT2D eigenvalue weighted by Gasteiger charge is 2.20. The number of thioether (sulfide) groups is 1. The summed E-state index contributed by atoms with van der Waals surface area (Å²) in [6.45, 7) is 0. The lowest BCUT2D eigenvalue weighted by atomic mass is 10.1. The van der Waals surface area contributed by atoms with Gasteiger partial charge in [-0.25, -0.2) is 4.79 Å². The highest BCUT2D eigenvalue weighted by molar-refractivity contribution is 7.98. The number of halogens is 1. The van der Waals surface area contributed by atoms with Crippen LogP contribution in [0.15, 0.2) is 24.3 Å². The van der Waals surface area contributed by atoms with Gasteiger partial charge in [0.2, 0.25) is 5.91 Å². The minimum absolute atomic E-state index is 0.205. The molecule has 1 N–H and O–H groups in total. The van der Waals surface area contributed by atoms with Crippen molar-refractivity contribution in [2.24, 2.45) is 0 Å². The monoisotopic (exact) mass is 315 g/mol. The van der Waals surface area contributed by atoms with Crippen LogP contribution in [0.2, 0.25) is 5.02 Å². The van der Waals surface area contributed by atoms with E-state index in [-0.39, 0.29) is 12.3 Å². The predicted molar refractivity (Wildman–Crippen MR) is 82.1 cm³/mol. The highest BCUT2D eigenvalue weighted by atomic mass is 35.5. The number of hydrogen-bond acceptors (Lipinski definition) is 4. The molecule has 0 aliphatic rings. The first kappa shape index (κ1) is 16.9. The Morgan fingerprint density at radius 3 is 2.55 bits per heavy atom. The zero-order chi connectivity index (χ0) is 15.0. The second-order valence-corrected chi connectivity index (χ2v) is 5.65. The third kappa shape index (κ3) is 5.84. The lowest BCUT2D eigenvalue weighted by Crippen LogP contribution is -2.42. The van der Waals surface area contributed by atoms with Gasteiger partial charge < -0.3 is 10.1 Å². The molecule has 0 radical (unpaired) electrons. The van der Waals surface area contributed by atoms with E-state index in [1.807, 2.05) is 6.26 Å². The van der Waals surface area contributed by atoms with E-state index in [9.17, 15) is 9.59 Å². The molecular formula is C14H18ClNO3S. The normalized spacial score (nSPS) is 11.8. The molecule has 0 saturated carbocycles. The average Bonchev–Trinajstić information content (AvgIpc) is 2.45. The molecule has 0 fully saturated rings. The maximum Gasteiger partial charge on any atom is 0.328 e. The molecule has 0 aliphatic heterocycles. The number of hydrogen-bond donors (Lipinski definition) is 1. The summed E-state index contributed by atoms with van der Waals surface area (Å²) in [5, 5.41) is 3.33. The summed E-state index contributed by atoms with van der Waals surface area (Å²) in [4.78, 5) is 23.5. The fraction of sp³-hybridized carbons (Fsp3) is 0.429. The molecule has 1 rings (SSSR count). The first-order valence-electron chi connectivity index (χ1n) is 6.17. The summed E-state index contributed by atoms with van der Waals surface area (Å²) in [5.41, 5.74) is 0.848. The molecule has 0 bridgehead atoms. The highest BCUT2D eigenvalue weighted by Crippen LogP contribution is 2.10. The molecule has 1 amide bonds. The molecule has 1 aromatic rings. The second kappa shape index (κ2) is 8.87. The molecule has 1 aromatic carbocycles. The Morgan fingerprint density at radius 1 is 1.35 bits per heavy atom. The van der Waals surface area contributed by atoms with Crippen molar-refractivity contribution >= 4 is 35.2 Å². The minimum atomic E-state index is -0.591. The largest absolute Gasteiger partial charge is 0.467 e. The number of benzene rings is 1. The quantitative estimate of drug-likeness (QED) is 0.784. The summed E-state index contributed by atoms with van der Waals surface area (Å²) in [7, 11) is 1.32. The maximum absolute atomic E-state index is 11.9. The van der Waals surface area contributed by atoms with Gasteiger partial charge in [0.25, 0.3) is 0 Å². The maximum atomic E-state index is 11.9. The molecule has 0 unspecified atom stereocenters. The number of amides is 1. The van der Waals surface area contributed by atoms with Crippen molar-refractivity contribution in [1.29, 1.82) is 0 Å². The summed E-state index contributed by atoms with van der Waals surface area (Å²) >= 11 is 7.40. The van der Waals surface area contributed by atoms with Gasteiger partial charge in [-0.05, 0) is 36.1 Å². The average molecular weight is 316 g/mol. The number of esters is 1. The van der Waals surface area contributed by atoms with E-state index < -0.39 is 12.0 Å². The van der Waals surface area contributed by atoms with E-state index in [1.54, 1.807) is 36.0 Å². The van der Waals surface area contributed by atoms with Gasteiger partial charge in [0.15, 0.2) is 0 Å². The molecule has 4 nitrogen and oxygen atoms in total. The van der Waals surface area contributed by atoms with Crippen molar-refractivity contribution in [2.45, 2.75) is 18.9 Å². The first-order chi connectivity index (χ1) is 9.56. The van der Waals surface area contributed by atoms with E-state index in [1.165, 1.54) is 7.11 Å². The molecule has 0 spiro atoms. The zero-order valence-electron chi connectivity index (χ0n) is 11.5. The van der Waals surface area contributed by atoms with Gasteiger partial charge in [-0.3, -0.25) is 4.79 Å².